The van der Waals surface area contributed by atoms with Crippen LogP contribution in [0.4, 0.5) is 14.6 Å². The lowest BCUT2D eigenvalue weighted by Gasteiger charge is -2.26. The van der Waals surface area contributed by atoms with Gasteiger partial charge in [0.1, 0.15) is 23.7 Å². The fourth-order valence-corrected chi connectivity index (χ4v) is 5.60. The summed E-state index contributed by atoms with van der Waals surface area (Å²) in [7, 11) is -4.72. The van der Waals surface area contributed by atoms with Crippen LogP contribution in [0.1, 0.15) is 53.2 Å². The van der Waals surface area contributed by atoms with E-state index in [1.54, 1.807) is 18.2 Å². The molecule has 1 aliphatic heterocycles. The third kappa shape index (κ3) is 10.6. The van der Waals surface area contributed by atoms with E-state index in [2.05, 4.69) is 10.1 Å². The molecule has 0 saturated carbocycles. The van der Waals surface area contributed by atoms with Crippen LogP contribution in [0.15, 0.2) is 47.4 Å². The summed E-state index contributed by atoms with van der Waals surface area (Å²) in [5.41, 5.74) is 4.28. The van der Waals surface area contributed by atoms with E-state index in [1.807, 2.05) is 27.7 Å². The first-order valence-electron chi connectivity index (χ1n) is 14.8. The van der Waals surface area contributed by atoms with Crippen molar-refractivity contribution in [1.82, 2.24) is 14.6 Å². The molecular weight excluding hydrogens is 633 g/mol. The molecule has 2 aromatic rings. The number of para-hydroxylation sites is 1. The van der Waals surface area contributed by atoms with E-state index in [0.717, 1.165) is 12.3 Å². The van der Waals surface area contributed by atoms with Gasteiger partial charge in [0.25, 0.3) is 0 Å². The van der Waals surface area contributed by atoms with E-state index in [4.69, 9.17) is 29.0 Å². The van der Waals surface area contributed by atoms with Crippen molar-refractivity contribution >= 4 is 25.5 Å². The zero-order valence-electron chi connectivity index (χ0n) is 26.0. The van der Waals surface area contributed by atoms with E-state index in [0.29, 0.717) is 17.4 Å². The van der Waals surface area contributed by atoms with Gasteiger partial charge in [-0.2, -0.15) is 18.9 Å². The molecule has 17 heteroatoms. The molecule has 0 radical (unpaired) electrons. The van der Waals surface area contributed by atoms with Gasteiger partial charge < -0.3 is 29.6 Å². The molecular formula is C29H41F2N4O10P. The third-order valence-electron chi connectivity index (χ3n) is 6.73. The Morgan fingerprint density at radius 2 is 1.74 bits per heavy atom. The minimum atomic E-state index is -4.72. The van der Waals surface area contributed by atoms with Crippen molar-refractivity contribution in [2.75, 3.05) is 25.6 Å². The highest BCUT2D eigenvalue weighted by Crippen LogP contribution is 2.48. The summed E-state index contributed by atoms with van der Waals surface area (Å²) in [5, 5.41) is 12.8. The summed E-state index contributed by atoms with van der Waals surface area (Å²) in [4.78, 5) is 41.4. The van der Waals surface area contributed by atoms with Gasteiger partial charge in [0, 0.05) is 6.20 Å². The number of esters is 2. The largest absolute Gasteiger partial charge is 0.466 e. The molecule has 4 N–H and O–H groups in total. The molecule has 1 saturated heterocycles. The Morgan fingerprint density at radius 1 is 1.11 bits per heavy atom. The van der Waals surface area contributed by atoms with Gasteiger partial charge in [0.05, 0.1) is 26.2 Å². The van der Waals surface area contributed by atoms with E-state index in [-0.39, 0.29) is 36.6 Å². The molecule has 1 fully saturated rings. The number of rotatable bonds is 17. The SMILES string of the molecule is CC(C)CCOC(=O)C[C@H](NP(=O)(OC[C@H]1O[C@@H](n2ccc(N)nc2=O)C(F)(F)[C@@H]1O)Oc1ccccc1)C(=O)OCCC(C)C. The number of nitrogen functional groups attached to an aromatic ring is 1. The zero-order chi connectivity index (χ0) is 34.1. The lowest BCUT2D eigenvalue weighted by atomic mass is 10.1. The average molecular weight is 675 g/mol. The Labute approximate surface area is 265 Å². The first-order chi connectivity index (χ1) is 21.6. The van der Waals surface area contributed by atoms with Gasteiger partial charge in [0.2, 0.25) is 6.23 Å². The van der Waals surface area contributed by atoms with Crippen molar-refractivity contribution in [3.05, 3.63) is 53.1 Å². The predicted octanol–water partition coefficient (Wildman–Crippen LogP) is 3.45. The van der Waals surface area contributed by atoms with Gasteiger partial charge in [0.15, 0.2) is 6.10 Å². The summed E-state index contributed by atoms with van der Waals surface area (Å²) in [6.07, 6.45) is -5.29. The van der Waals surface area contributed by atoms with Crippen LogP contribution in [0.5, 0.6) is 5.75 Å². The molecule has 0 aliphatic carbocycles. The second-order valence-electron chi connectivity index (χ2n) is 11.5. The minimum absolute atomic E-state index is 0.000280. The van der Waals surface area contributed by atoms with Crippen molar-refractivity contribution in [3.63, 3.8) is 0 Å². The minimum Gasteiger partial charge on any atom is -0.466 e. The summed E-state index contributed by atoms with van der Waals surface area (Å²) in [5.74, 6) is -5.56. The molecule has 46 heavy (non-hydrogen) atoms. The maximum atomic E-state index is 15.1. The topological polar surface area (TPSA) is 191 Å². The van der Waals surface area contributed by atoms with E-state index >= 15 is 8.78 Å². The van der Waals surface area contributed by atoms with Gasteiger partial charge in [-0.1, -0.05) is 45.9 Å². The van der Waals surface area contributed by atoms with Gasteiger partial charge in [-0.25, -0.2) is 9.36 Å². The number of aliphatic hydroxyl groups is 1. The number of nitrogens with zero attached hydrogens (tertiary/aromatic N) is 2. The highest BCUT2D eigenvalue weighted by atomic mass is 31.2. The first kappa shape index (κ1) is 37.0. The number of nitrogens with two attached hydrogens (primary N) is 1. The second-order valence-corrected chi connectivity index (χ2v) is 13.2. The van der Waals surface area contributed by atoms with Crippen LogP contribution in [0.25, 0.3) is 0 Å². The van der Waals surface area contributed by atoms with Crippen molar-refractivity contribution < 1.29 is 51.3 Å². The Balaban J connectivity index is 1.84. The summed E-state index contributed by atoms with van der Waals surface area (Å²) in [6.45, 7) is 6.83. The highest BCUT2D eigenvalue weighted by Gasteiger charge is 2.60. The van der Waals surface area contributed by atoms with Crippen LogP contribution in [-0.2, 0) is 32.9 Å². The summed E-state index contributed by atoms with van der Waals surface area (Å²) >= 11 is 0. The molecule has 1 aromatic heterocycles. The molecule has 0 bridgehead atoms. The molecule has 256 valence electrons. The number of halogens is 2. The first-order valence-corrected chi connectivity index (χ1v) is 16.3. The maximum Gasteiger partial charge on any atom is 0.459 e. The Kier molecular flexibility index (Phi) is 13.2. The molecule has 3 rings (SSSR count). The number of aliphatic hydroxyl groups excluding tert-OH is 1. The van der Waals surface area contributed by atoms with Crippen molar-refractivity contribution in [1.29, 1.82) is 0 Å². The number of anilines is 1. The monoisotopic (exact) mass is 674 g/mol. The quantitative estimate of drug-likeness (QED) is 0.164. The molecule has 14 nitrogen and oxygen atoms in total. The number of aromatic nitrogens is 2. The Morgan fingerprint density at radius 3 is 2.35 bits per heavy atom. The number of ether oxygens (including phenoxy) is 3. The molecule has 0 spiro atoms. The molecule has 1 aliphatic rings. The molecule has 0 amide bonds. The zero-order valence-corrected chi connectivity index (χ0v) is 26.9. The van der Waals surface area contributed by atoms with Crippen LogP contribution < -0.4 is 21.0 Å². The molecule has 5 atom stereocenters. The third-order valence-corrected chi connectivity index (χ3v) is 8.30. The van der Waals surface area contributed by atoms with E-state index < -0.39 is 68.8 Å². The molecule has 1 unspecified atom stereocenters. The predicted molar refractivity (Wildman–Crippen MR) is 161 cm³/mol. The smallest absolute Gasteiger partial charge is 0.459 e. The fourth-order valence-electron chi connectivity index (χ4n) is 4.09. The standard InChI is InChI=1S/C29H41F2N4O10P/c1-18(2)11-14-41-24(36)16-21(26(38)42-15-12-19(3)4)34-46(40,45-20-8-6-5-7-9-20)43-17-22-25(37)29(30,31)27(44-22)35-13-10-23(32)33-28(35)39/h5-10,13,18-19,21-22,25,27,37H,11-12,14-17H2,1-4H3,(H,34,40)(H2,32,33,39)/t21-,22+,25+,27+,46?/m0/s1. The van der Waals surface area contributed by atoms with Gasteiger partial charge in [-0.15, -0.1) is 0 Å². The van der Waals surface area contributed by atoms with Gasteiger partial charge >= 0.3 is 31.3 Å². The van der Waals surface area contributed by atoms with Gasteiger partial charge in [-0.05, 0) is 42.9 Å². The summed E-state index contributed by atoms with van der Waals surface area (Å²) in [6, 6.07) is 7.08. The number of hydrogen-bond acceptors (Lipinski definition) is 12. The van der Waals surface area contributed by atoms with Crippen molar-refractivity contribution in [2.24, 2.45) is 11.8 Å². The Hall–Kier alpha value is -3.43. The normalized spacial score (nSPS) is 21.1. The van der Waals surface area contributed by atoms with Crippen LogP contribution in [0, 0.1) is 11.8 Å². The molecule has 1 aromatic carbocycles. The highest BCUT2D eigenvalue weighted by molar-refractivity contribution is 7.52. The number of carbonyl (C=O) groups excluding carboxylic acids is 2. The number of nitrogens with one attached hydrogen (secondary N) is 1. The Bertz CT molecular complexity index is 1410. The lowest BCUT2D eigenvalue weighted by molar-refractivity contribution is -0.152. The van der Waals surface area contributed by atoms with Crippen molar-refractivity contribution in [3.8, 4) is 5.75 Å². The van der Waals surface area contributed by atoms with Crippen LogP contribution in [0.3, 0.4) is 0 Å². The number of benzene rings is 1. The molecule has 2 heterocycles. The number of hydrogen-bond donors (Lipinski definition) is 3. The fraction of sp³-hybridized carbons (Fsp3) is 0.586. The number of alkyl halides is 2. The van der Waals surface area contributed by atoms with Crippen molar-refractivity contribution in [2.45, 2.75) is 77.4 Å². The number of carbonyl (C=O) groups is 2. The van der Waals surface area contributed by atoms with Crippen LogP contribution in [0.2, 0.25) is 0 Å². The second kappa shape index (κ2) is 16.4. The van der Waals surface area contributed by atoms with Crippen LogP contribution in [-0.4, -0.2) is 70.6 Å². The maximum absolute atomic E-state index is 15.1. The summed E-state index contributed by atoms with van der Waals surface area (Å²) < 4.78 is 71.6. The van der Waals surface area contributed by atoms with E-state index in [9.17, 15) is 24.1 Å². The van der Waals surface area contributed by atoms with E-state index in [1.165, 1.54) is 12.1 Å². The van der Waals surface area contributed by atoms with Crippen LogP contribution >= 0.6 is 7.75 Å². The average Bonchev–Trinajstić information content (AvgIpc) is 3.19. The lowest BCUT2D eigenvalue weighted by Crippen LogP contribution is -2.42. The van der Waals surface area contributed by atoms with Gasteiger partial charge in [-0.3, -0.25) is 18.7 Å².